The van der Waals surface area contributed by atoms with Crippen LogP contribution in [0.1, 0.15) is 45.4 Å². The van der Waals surface area contributed by atoms with E-state index in [-0.39, 0.29) is 6.29 Å². The highest BCUT2D eigenvalue weighted by molar-refractivity contribution is 4.78. The summed E-state index contributed by atoms with van der Waals surface area (Å²) < 4.78 is 11.4. The highest BCUT2D eigenvalue weighted by atomic mass is 16.7. The van der Waals surface area contributed by atoms with Crippen LogP contribution in [0.25, 0.3) is 0 Å². The second-order valence-electron chi connectivity index (χ2n) is 5.62. The smallest absolute Gasteiger partial charge is 0.160 e. The second-order valence-corrected chi connectivity index (χ2v) is 5.62. The van der Waals surface area contributed by atoms with Gasteiger partial charge in [0.15, 0.2) is 6.29 Å². The molecule has 1 atom stereocenters. The van der Waals surface area contributed by atoms with Crippen molar-refractivity contribution in [2.45, 2.75) is 51.7 Å². The van der Waals surface area contributed by atoms with Crippen LogP contribution in [0.2, 0.25) is 0 Å². The molecule has 0 aromatic carbocycles. The average molecular weight is 242 g/mol. The van der Waals surface area contributed by atoms with Crippen molar-refractivity contribution in [3.63, 3.8) is 0 Å². The van der Waals surface area contributed by atoms with Crippen LogP contribution in [0.5, 0.6) is 0 Å². The van der Waals surface area contributed by atoms with Crippen molar-refractivity contribution in [3.8, 4) is 0 Å². The molecule has 1 unspecified atom stereocenters. The fourth-order valence-electron chi connectivity index (χ4n) is 3.22. The summed E-state index contributed by atoms with van der Waals surface area (Å²) in [6, 6.07) is 0. The van der Waals surface area contributed by atoms with Gasteiger partial charge in [-0.15, -0.1) is 0 Å². The fourth-order valence-corrected chi connectivity index (χ4v) is 3.22. The van der Waals surface area contributed by atoms with Crippen LogP contribution in [0, 0.1) is 17.8 Å². The summed E-state index contributed by atoms with van der Waals surface area (Å²) in [4.78, 5) is 0. The lowest BCUT2D eigenvalue weighted by Crippen LogP contribution is -2.36. The van der Waals surface area contributed by atoms with Crippen molar-refractivity contribution in [1.29, 1.82) is 0 Å². The number of aliphatic hydroxyl groups is 1. The van der Waals surface area contributed by atoms with E-state index in [2.05, 4.69) is 6.92 Å². The van der Waals surface area contributed by atoms with Crippen LogP contribution in [-0.4, -0.2) is 31.2 Å². The zero-order valence-electron chi connectivity index (χ0n) is 10.9. The molecule has 100 valence electrons. The van der Waals surface area contributed by atoms with Gasteiger partial charge in [0.1, 0.15) is 0 Å². The summed E-state index contributed by atoms with van der Waals surface area (Å²) in [5.74, 6) is 2.01. The summed E-state index contributed by atoms with van der Waals surface area (Å²) in [5.41, 5.74) is 0. The SMILES string of the molecule is CC(C1CCC(CCO)CC1)C1OCCCO1. The van der Waals surface area contributed by atoms with Crippen LogP contribution < -0.4 is 0 Å². The first-order valence-electron chi connectivity index (χ1n) is 7.15. The Bertz CT molecular complexity index is 206. The van der Waals surface area contributed by atoms with Gasteiger partial charge in [0.2, 0.25) is 0 Å². The van der Waals surface area contributed by atoms with E-state index in [4.69, 9.17) is 14.6 Å². The van der Waals surface area contributed by atoms with E-state index >= 15 is 0 Å². The van der Waals surface area contributed by atoms with Crippen molar-refractivity contribution in [2.24, 2.45) is 17.8 Å². The van der Waals surface area contributed by atoms with Crippen molar-refractivity contribution in [2.75, 3.05) is 19.8 Å². The van der Waals surface area contributed by atoms with Crippen molar-refractivity contribution in [1.82, 2.24) is 0 Å². The lowest BCUT2D eigenvalue weighted by atomic mass is 9.75. The van der Waals surface area contributed by atoms with E-state index in [9.17, 15) is 0 Å². The summed E-state index contributed by atoms with van der Waals surface area (Å²) in [5, 5.41) is 8.96. The zero-order chi connectivity index (χ0) is 12.1. The highest BCUT2D eigenvalue weighted by Crippen LogP contribution is 2.37. The third-order valence-corrected chi connectivity index (χ3v) is 4.45. The minimum atomic E-state index is 0.0307. The maximum Gasteiger partial charge on any atom is 0.160 e. The molecule has 1 aliphatic heterocycles. The van der Waals surface area contributed by atoms with Crippen LogP contribution >= 0.6 is 0 Å². The van der Waals surface area contributed by atoms with Gasteiger partial charge in [-0.3, -0.25) is 0 Å². The van der Waals surface area contributed by atoms with E-state index in [1.807, 2.05) is 0 Å². The van der Waals surface area contributed by atoms with Gasteiger partial charge in [0.25, 0.3) is 0 Å². The van der Waals surface area contributed by atoms with E-state index in [1.54, 1.807) is 0 Å². The minimum absolute atomic E-state index is 0.0307. The monoisotopic (exact) mass is 242 g/mol. The molecule has 2 rings (SSSR count). The molecule has 0 bridgehead atoms. The molecule has 2 fully saturated rings. The lowest BCUT2D eigenvalue weighted by Gasteiger charge is -2.37. The predicted octanol–water partition coefficient (Wildman–Crippen LogP) is 2.57. The number of ether oxygens (including phenoxy) is 2. The van der Waals surface area contributed by atoms with Crippen LogP contribution in [0.15, 0.2) is 0 Å². The first-order valence-corrected chi connectivity index (χ1v) is 7.15. The number of aliphatic hydroxyl groups excluding tert-OH is 1. The Balaban J connectivity index is 1.75. The molecule has 17 heavy (non-hydrogen) atoms. The van der Waals surface area contributed by atoms with E-state index in [0.717, 1.165) is 37.9 Å². The molecule has 0 aromatic rings. The Morgan fingerprint density at radius 1 is 1.12 bits per heavy atom. The lowest BCUT2D eigenvalue weighted by molar-refractivity contribution is -0.212. The Morgan fingerprint density at radius 3 is 2.35 bits per heavy atom. The normalized spacial score (nSPS) is 33.5. The molecular weight excluding hydrogens is 216 g/mol. The van der Waals surface area contributed by atoms with Gasteiger partial charge in [-0.1, -0.05) is 19.8 Å². The molecule has 3 nitrogen and oxygen atoms in total. The number of hydrogen-bond acceptors (Lipinski definition) is 3. The Morgan fingerprint density at radius 2 is 1.76 bits per heavy atom. The van der Waals surface area contributed by atoms with Gasteiger partial charge in [-0.2, -0.15) is 0 Å². The van der Waals surface area contributed by atoms with Crippen LogP contribution in [0.4, 0.5) is 0 Å². The maximum absolute atomic E-state index is 8.96. The van der Waals surface area contributed by atoms with Gasteiger partial charge >= 0.3 is 0 Å². The van der Waals surface area contributed by atoms with Crippen molar-refractivity contribution >= 4 is 0 Å². The standard InChI is InChI=1S/C14H26O3/c1-11(14-16-9-2-10-17-14)13-5-3-12(4-6-13)7-8-15/h11-15H,2-10H2,1H3. The van der Waals surface area contributed by atoms with Crippen molar-refractivity contribution < 1.29 is 14.6 Å². The molecular formula is C14H26O3. The van der Waals surface area contributed by atoms with Gasteiger partial charge in [-0.05, 0) is 37.5 Å². The number of hydrogen-bond donors (Lipinski definition) is 1. The maximum atomic E-state index is 8.96. The number of rotatable bonds is 4. The molecule has 3 heteroatoms. The largest absolute Gasteiger partial charge is 0.396 e. The molecule has 1 N–H and O–H groups in total. The molecule has 1 aliphatic carbocycles. The third-order valence-electron chi connectivity index (χ3n) is 4.45. The van der Waals surface area contributed by atoms with Gasteiger partial charge in [0, 0.05) is 12.5 Å². The molecule has 1 saturated carbocycles. The molecule has 0 spiro atoms. The average Bonchev–Trinajstić information content (AvgIpc) is 2.40. The summed E-state index contributed by atoms with van der Waals surface area (Å²) in [6.45, 7) is 4.33. The predicted molar refractivity (Wildman–Crippen MR) is 66.6 cm³/mol. The topological polar surface area (TPSA) is 38.7 Å². The summed E-state index contributed by atoms with van der Waals surface area (Å²) in [6.07, 6.45) is 7.13. The van der Waals surface area contributed by atoms with Crippen LogP contribution in [-0.2, 0) is 9.47 Å². The fraction of sp³-hybridized carbons (Fsp3) is 1.00. The summed E-state index contributed by atoms with van der Waals surface area (Å²) >= 11 is 0. The van der Waals surface area contributed by atoms with Gasteiger partial charge in [-0.25, -0.2) is 0 Å². The molecule has 0 amide bonds. The Labute approximate surface area is 104 Å². The van der Waals surface area contributed by atoms with Crippen molar-refractivity contribution in [3.05, 3.63) is 0 Å². The first-order chi connectivity index (χ1) is 8.31. The quantitative estimate of drug-likeness (QED) is 0.823. The van der Waals surface area contributed by atoms with E-state index < -0.39 is 0 Å². The molecule has 0 radical (unpaired) electrons. The Hall–Kier alpha value is -0.120. The van der Waals surface area contributed by atoms with Gasteiger partial charge < -0.3 is 14.6 Å². The first kappa shape index (κ1) is 13.3. The van der Waals surface area contributed by atoms with Crippen LogP contribution in [0.3, 0.4) is 0 Å². The highest BCUT2D eigenvalue weighted by Gasteiger charge is 2.31. The van der Waals surface area contributed by atoms with Gasteiger partial charge in [0.05, 0.1) is 13.2 Å². The van der Waals surface area contributed by atoms with E-state index in [0.29, 0.717) is 12.5 Å². The Kier molecular flexibility index (Phi) is 5.26. The third kappa shape index (κ3) is 3.67. The molecule has 0 aromatic heterocycles. The second kappa shape index (κ2) is 6.72. The molecule has 2 aliphatic rings. The molecule has 1 saturated heterocycles. The minimum Gasteiger partial charge on any atom is -0.396 e. The zero-order valence-corrected chi connectivity index (χ0v) is 10.9. The summed E-state index contributed by atoms with van der Waals surface area (Å²) in [7, 11) is 0. The van der Waals surface area contributed by atoms with E-state index in [1.165, 1.54) is 25.7 Å². The molecule has 1 heterocycles.